The first-order valence-corrected chi connectivity index (χ1v) is 14.7. The quantitative estimate of drug-likeness (QED) is 0.240. The Labute approximate surface area is 239 Å². The zero-order valence-electron chi connectivity index (χ0n) is 22.1. The van der Waals surface area contributed by atoms with Crippen molar-refractivity contribution in [3.05, 3.63) is 127 Å². The van der Waals surface area contributed by atoms with Crippen molar-refractivity contribution in [3.8, 4) is 16.8 Å². The van der Waals surface area contributed by atoms with Crippen molar-refractivity contribution in [2.24, 2.45) is 5.73 Å². The summed E-state index contributed by atoms with van der Waals surface area (Å²) >= 11 is 1.85. The second kappa shape index (κ2) is 8.55. The molecule has 4 heteroatoms. The van der Waals surface area contributed by atoms with Crippen LogP contribution in [0, 0.1) is 0 Å². The number of benzene rings is 6. The SMILES string of the molecule is NCc1cccc2oc3cccc(-c4ccc5c(c4)sc4cc(-n6c7ccccc7c7ccccc76)ccc45)c3c12. The number of para-hydroxylation sites is 2. The Morgan fingerprint density at radius 2 is 1.24 bits per heavy atom. The third-order valence-corrected chi connectivity index (χ3v) is 9.55. The smallest absolute Gasteiger partial charge is 0.136 e. The molecule has 0 aliphatic carbocycles. The number of hydrogen-bond acceptors (Lipinski definition) is 3. The number of furan rings is 1. The standard InChI is InChI=1S/C37H24N2OS/c38-21-23-7-5-13-32-36(23)37-25(10-6-14-33(37)40-32)22-15-17-28-29-18-16-24(20-35(29)41-34(28)19-22)39-30-11-3-1-8-26(30)27-9-2-4-12-31(27)39/h1-20H,21,38H2. The van der Waals surface area contributed by atoms with Gasteiger partial charge in [-0.05, 0) is 59.2 Å². The van der Waals surface area contributed by atoms with E-state index < -0.39 is 0 Å². The van der Waals surface area contributed by atoms with Gasteiger partial charge in [0.1, 0.15) is 11.2 Å². The van der Waals surface area contributed by atoms with E-state index in [0.29, 0.717) is 6.54 Å². The molecule has 6 aromatic carbocycles. The summed E-state index contributed by atoms with van der Waals surface area (Å²) in [6.45, 7) is 0.476. The number of rotatable bonds is 3. The van der Waals surface area contributed by atoms with E-state index in [1.807, 2.05) is 29.5 Å². The number of nitrogens with zero attached hydrogens (tertiary/aromatic N) is 1. The number of hydrogen-bond donors (Lipinski definition) is 1. The summed E-state index contributed by atoms with van der Waals surface area (Å²) in [6, 6.07) is 43.5. The van der Waals surface area contributed by atoms with Crippen LogP contribution in [-0.4, -0.2) is 4.57 Å². The summed E-state index contributed by atoms with van der Waals surface area (Å²) in [5, 5.41) is 7.39. The normalized spacial score (nSPS) is 12.1. The van der Waals surface area contributed by atoms with Crippen LogP contribution < -0.4 is 5.73 Å². The molecule has 0 amide bonds. The molecule has 0 aliphatic heterocycles. The van der Waals surface area contributed by atoms with Crippen LogP contribution in [-0.2, 0) is 6.54 Å². The lowest BCUT2D eigenvalue weighted by atomic mass is 9.96. The van der Waals surface area contributed by atoms with Gasteiger partial charge in [0.25, 0.3) is 0 Å². The molecular weight excluding hydrogens is 520 g/mol. The molecule has 2 N–H and O–H groups in total. The monoisotopic (exact) mass is 544 g/mol. The van der Waals surface area contributed by atoms with Gasteiger partial charge >= 0.3 is 0 Å². The van der Waals surface area contributed by atoms with Crippen LogP contribution in [0.3, 0.4) is 0 Å². The lowest BCUT2D eigenvalue weighted by Gasteiger charge is -2.08. The van der Waals surface area contributed by atoms with E-state index in [1.165, 1.54) is 58.8 Å². The average molecular weight is 545 g/mol. The maximum atomic E-state index is 6.25. The van der Waals surface area contributed by atoms with Crippen LogP contribution in [0.25, 0.3) is 80.7 Å². The predicted molar refractivity (Wildman–Crippen MR) is 174 cm³/mol. The molecular formula is C37H24N2OS. The van der Waals surface area contributed by atoms with E-state index >= 15 is 0 Å². The van der Waals surface area contributed by atoms with Crippen LogP contribution in [0.5, 0.6) is 0 Å². The highest BCUT2D eigenvalue weighted by Crippen LogP contribution is 2.42. The van der Waals surface area contributed by atoms with E-state index in [2.05, 4.69) is 108 Å². The van der Waals surface area contributed by atoms with Crippen LogP contribution in [0.15, 0.2) is 126 Å². The minimum absolute atomic E-state index is 0.476. The Hall–Kier alpha value is -4.90. The van der Waals surface area contributed by atoms with E-state index in [-0.39, 0.29) is 0 Å². The summed E-state index contributed by atoms with van der Waals surface area (Å²) in [5.74, 6) is 0. The first-order chi connectivity index (χ1) is 20.3. The van der Waals surface area contributed by atoms with Gasteiger partial charge in [0.15, 0.2) is 0 Å². The highest BCUT2D eigenvalue weighted by Gasteiger charge is 2.17. The van der Waals surface area contributed by atoms with Crippen LogP contribution in [0.4, 0.5) is 0 Å². The summed E-state index contributed by atoms with van der Waals surface area (Å²) in [6.07, 6.45) is 0. The van der Waals surface area contributed by atoms with Crippen molar-refractivity contribution in [2.45, 2.75) is 6.54 Å². The molecule has 0 unspecified atom stereocenters. The van der Waals surface area contributed by atoms with Crippen molar-refractivity contribution in [3.63, 3.8) is 0 Å². The summed E-state index contributed by atoms with van der Waals surface area (Å²) < 4.78 is 11.2. The Morgan fingerprint density at radius 1 is 0.585 bits per heavy atom. The Kier molecular flexibility index (Phi) is 4.77. The first kappa shape index (κ1) is 22.9. The van der Waals surface area contributed by atoms with Crippen molar-refractivity contribution >= 4 is 75.3 Å². The summed E-state index contributed by atoms with van der Waals surface area (Å²) in [5.41, 5.74) is 15.0. The molecule has 0 aliphatic rings. The highest BCUT2D eigenvalue weighted by molar-refractivity contribution is 7.25. The summed E-state index contributed by atoms with van der Waals surface area (Å²) in [4.78, 5) is 0. The van der Waals surface area contributed by atoms with Gasteiger partial charge in [-0.2, -0.15) is 0 Å². The molecule has 9 aromatic rings. The molecule has 9 rings (SSSR count). The molecule has 194 valence electrons. The number of fused-ring (bicyclic) bond motifs is 9. The maximum absolute atomic E-state index is 6.25. The Balaban J connectivity index is 1.25. The number of nitrogens with two attached hydrogens (primary N) is 1. The van der Waals surface area contributed by atoms with Gasteiger partial charge in [-0.3, -0.25) is 0 Å². The maximum Gasteiger partial charge on any atom is 0.136 e. The van der Waals surface area contributed by atoms with Gasteiger partial charge in [0.2, 0.25) is 0 Å². The third kappa shape index (κ3) is 3.23. The fourth-order valence-electron chi connectivity index (χ4n) is 6.62. The second-order valence-electron chi connectivity index (χ2n) is 10.6. The number of thiophene rings is 1. The summed E-state index contributed by atoms with van der Waals surface area (Å²) in [7, 11) is 0. The van der Waals surface area contributed by atoms with Crippen molar-refractivity contribution in [1.82, 2.24) is 4.57 Å². The lowest BCUT2D eigenvalue weighted by molar-refractivity contribution is 0.668. The lowest BCUT2D eigenvalue weighted by Crippen LogP contribution is -1.96. The zero-order chi connectivity index (χ0) is 27.1. The number of aromatic nitrogens is 1. The van der Waals surface area contributed by atoms with Crippen molar-refractivity contribution in [2.75, 3.05) is 0 Å². The van der Waals surface area contributed by atoms with E-state index in [4.69, 9.17) is 10.2 Å². The van der Waals surface area contributed by atoms with Crippen molar-refractivity contribution in [1.29, 1.82) is 0 Å². The van der Waals surface area contributed by atoms with Gasteiger partial charge in [-0.1, -0.05) is 78.9 Å². The second-order valence-corrected chi connectivity index (χ2v) is 11.7. The highest BCUT2D eigenvalue weighted by atomic mass is 32.1. The zero-order valence-corrected chi connectivity index (χ0v) is 22.9. The van der Waals surface area contributed by atoms with Gasteiger partial charge in [0.05, 0.1) is 11.0 Å². The molecule has 0 fully saturated rings. The molecule has 0 radical (unpaired) electrons. The largest absolute Gasteiger partial charge is 0.456 e. The fraction of sp³-hybridized carbons (Fsp3) is 0.0270. The molecule has 41 heavy (non-hydrogen) atoms. The molecule has 0 atom stereocenters. The fourth-order valence-corrected chi connectivity index (χ4v) is 7.80. The topological polar surface area (TPSA) is 44.1 Å². The molecule has 0 spiro atoms. The van der Waals surface area contributed by atoms with Gasteiger partial charge < -0.3 is 14.7 Å². The molecule has 3 nitrogen and oxygen atoms in total. The van der Waals surface area contributed by atoms with Crippen LogP contribution >= 0.6 is 11.3 Å². The van der Waals surface area contributed by atoms with E-state index in [0.717, 1.165) is 27.5 Å². The molecule has 0 saturated carbocycles. The van der Waals surface area contributed by atoms with Crippen LogP contribution in [0.1, 0.15) is 5.56 Å². The molecule has 3 aromatic heterocycles. The van der Waals surface area contributed by atoms with Gasteiger partial charge in [-0.15, -0.1) is 11.3 Å². The minimum Gasteiger partial charge on any atom is -0.456 e. The van der Waals surface area contributed by atoms with Gasteiger partial charge in [0, 0.05) is 53.9 Å². The van der Waals surface area contributed by atoms with Crippen molar-refractivity contribution < 1.29 is 4.42 Å². The third-order valence-electron chi connectivity index (χ3n) is 8.43. The molecule has 0 saturated heterocycles. The minimum atomic E-state index is 0.476. The van der Waals surface area contributed by atoms with Crippen LogP contribution in [0.2, 0.25) is 0 Å². The average Bonchev–Trinajstić information content (AvgIpc) is 3.69. The Bertz CT molecular complexity index is 2420. The Morgan fingerprint density at radius 3 is 2.00 bits per heavy atom. The predicted octanol–water partition coefficient (Wildman–Crippen LogP) is 10.2. The van der Waals surface area contributed by atoms with E-state index in [9.17, 15) is 0 Å². The molecule has 3 heterocycles. The van der Waals surface area contributed by atoms with E-state index in [1.54, 1.807) is 0 Å². The molecule has 0 bridgehead atoms. The first-order valence-electron chi connectivity index (χ1n) is 13.9. The van der Waals surface area contributed by atoms with Gasteiger partial charge in [-0.25, -0.2) is 0 Å².